The Morgan fingerprint density at radius 3 is 2.68 bits per heavy atom. The van der Waals surface area contributed by atoms with E-state index < -0.39 is 6.10 Å². The summed E-state index contributed by atoms with van der Waals surface area (Å²) >= 11 is 13.8. The normalized spacial score (nSPS) is 16.2. The van der Waals surface area contributed by atoms with Crippen LogP contribution in [0.25, 0.3) is 0 Å². The third kappa shape index (κ3) is 2.68. The first-order chi connectivity index (χ1) is 9.15. The first-order valence-corrected chi connectivity index (χ1v) is 7.97. The molecule has 0 radical (unpaired) electrons. The largest absolute Gasteiger partial charge is 0.383 e. The van der Waals surface area contributed by atoms with Crippen molar-refractivity contribution in [3.05, 3.63) is 55.2 Å². The second kappa shape index (κ2) is 5.45. The molecule has 3 rings (SSSR count). The Morgan fingerprint density at radius 1 is 1.11 bits per heavy atom. The van der Waals surface area contributed by atoms with E-state index in [0.717, 1.165) is 17.7 Å². The van der Waals surface area contributed by atoms with Crippen molar-refractivity contribution in [2.45, 2.75) is 31.8 Å². The molecule has 4 heteroatoms. The van der Waals surface area contributed by atoms with Gasteiger partial charge in [-0.05, 0) is 55.5 Å². The molecule has 0 saturated heterocycles. The van der Waals surface area contributed by atoms with E-state index >= 15 is 0 Å². The van der Waals surface area contributed by atoms with Gasteiger partial charge in [-0.3, -0.25) is 0 Å². The van der Waals surface area contributed by atoms with Crippen molar-refractivity contribution in [2.75, 3.05) is 0 Å². The average Bonchev–Trinajstić information content (AvgIpc) is 2.84. The van der Waals surface area contributed by atoms with E-state index in [9.17, 15) is 5.11 Å². The molecule has 1 atom stereocenters. The molecule has 2 aromatic rings. The van der Waals surface area contributed by atoms with E-state index in [1.165, 1.54) is 23.3 Å². The van der Waals surface area contributed by atoms with Crippen LogP contribution in [-0.2, 0) is 12.8 Å². The minimum atomic E-state index is -0.679. The Kier molecular flexibility index (Phi) is 3.86. The summed E-state index contributed by atoms with van der Waals surface area (Å²) in [5.74, 6) is 0. The Labute approximate surface area is 126 Å². The molecule has 0 amide bonds. The lowest BCUT2D eigenvalue weighted by molar-refractivity contribution is 0.224. The van der Waals surface area contributed by atoms with Gasteiger partial charge in [0.2, 0.25) is 0 Å². The number of benzene rings is 1. The number of thiophene rings is 1. The fourth-order valence-corrected chi connectivity index (χ4v) is 4.19. The zero-order valence-electron chi connectivity index (χ0n) is 10.3. The number of hydrogen-bond acceptors (Lipinski definition) is 2. The van der Waals surface area contributed by atoms with Crippen molar-refractivity contribution in [3.63, 3.8) is 0 Å². The van der Waals surface area contributed by atoms with E-state index in [4.69, 9.17) is 23.2 Å². The average molecular weight is 313 g/mol. The second-order valence-corrected chi connectivity index (χ2v) is 6.88. The third-order valence-electron chi connectivity index (χ3n) is 3.54. The minimum absolute atomic E-state index is 0.559. The zero-order valence-corrected chi connectivity index (χ0v) is 12.7. The van der Waals surface area contributed by atoms with E-state index in [1.807, 2.05) is 0 Å². The van der Waals surface area contributed by atoms with Crippen molar-refractivity contribution in [1.29, 1.82) is 0 Å². The molecule has 1 aliphatic rings. The molecule has 1 aromatic carbocycles. The maximum atomic E-state index is 10.5. The van der Waals surface area contributed by atoms with Gasteiger partial charge in [0.05, 0.1) is 0 Å². The van der Waals surface area contributed by atoms with Gasteiger partial charge in [-0.2, -0.15) is 0 Å². The number of aryl methyl sites for hydroxylation is 2. The molecule has 0 saturated carbocycles. The van der Waals surface area contributed by atoms with Crippen LogP contribution in [0.5, 0.6) is 0 Å². The highest BCUT2D eigenvalue weighted by atomic mass is 35.5. The van der Waals surface area contributed by atoms with Gasteiger partial charge < -0.3 is 5.11 Å². The predicted octanol–water partition coefficient (Wildman–Crippen LogP) is 5.02. The van der Waals surface area contributed by atoms with Crippen molar-refractivity contribution in [1.82, 2.24) is 0 Å². The summed E-state index contributed by atoms with van der Waals surface area (Å²) in [4.78, 5) is 2.38. The Balaban J connectivity index is 1.97. The first-order valence-electron chi connectivity index (χ1n) is 6.39. The van der Waals surface area contributed by atoms with Crippen LogP contribution in [0, 0.1) is 0 Å². The zero-order chi connectivity index (χ0) is 13.4. The number of aliphatic hydroxyl groups is 1. The maximum absolute atomic E-state index is 10.5. The summed E-state index contributed by atoms with van der Waals surface area (Å²) < 4.78 is 0. The molecule has 1 unspecified atom stereocenters. The molecule has 100 valence electrons. The predicted molar refractivity (Wildman–Crippen MR) is 81.5 cm³/mol. The maximum Gasteiger partial charge on any atom is 0.115 e. The standard InChI is InChI=1S/C15H14Cl2OS/c16-10-5-6-12(17)11(8-10)15(18)14-7-9-3-1-2-4-13(9)19-14/h5-8,15,18H,1-4H2. The summed E-state index contributed by atoms with van der Waals surface area (Å²) in [5, 5.41) is 11.7. The van der Waals surface area contributed by atoms with Crippen molar-refractivity contribution in [2.24, 2.45) is 0 Å². The molecule has 1 heterocycles. The van der Waals surface area contributed by atoms with E-state index in [-0.39, 0.29) is 0 Å². The lowest BCUT2D eigenvalue weighted by Gasteiger charge is -2.11. The van der Waals surface area contributed by atoms with Crippen molar-refractivity contribution >= 4 is 34.5 Å². The summed E-state index contributed by atoms with van der Waals surface area (Å²) in [6.07, 6.45) is 4.08. The molecule has 0 aliphatic heterocycles. The molecule has 1 N–H and O–H groups in total. The van der Waals surface area contributed by atoms with E-state index in [2.05, 4.69) is 6.07 Å². The fourth-order valence-electron chi connectivity index (χ4n) is 2.53. The highest BCUT2D eigenvalue weighted by Crippen LogP contribution is 2.37. The molecule has 0 bridgehead atoms. The Hall–Kier alpha value is -0.540. The van der Waals surface area contributed by atoms with Gasteiger partial charge in [-0.1, -0.05) is 23.2 Å². The molecule has 0 spiro atoms. The van der Waals surface area contributed by atoms with Crippen LogP contribution in [0.4, 0.5) is 0 Å². The lowest BCUT2D eigenvalue weighted by Crippen LogP contribution is -1.98. The molecule has 1 aliphatic carbocycles. The van der Waals surface area contributed by atoms with Gasteiger partial charge in [0.15, 0.2) is 0 Å². The molecular weight excluding hydrogens is 299 g/mol. The summed E-state index contributed by atoms with van der Waals surface area (Å²) in [6.45, 7) is 0. The van der Waals surface area contributed by atoms with Crippen LogP contribution in [-0.4, -0.2) is 5.11 Å². The summed E-state index contributed by atoms with van der Waals surface area (Å²) in [7, 11) is 0. The van der Waals surface area contributed by atoms with Crippen molar-refractivity contribution < 1.29 is 5.11 Å². The highest BCUT2D eigenvalue weighted by molar-refractivity contribution is 7.12. The second-order valence-electron chi connectivity index (χ2n) is 4.87. The quantitative estimate of drug-likeness (QED) is 0.826. The van der Waals surface area contributed by atoms with Gasteiger partial charge in [-0.25, -0.2) is 0 Å². The van der Waals surface area contributed by atoms with Crippen LogP contribution >= 0.6 is 34.5 Å². The number of halogens is 2. The molecule has 0 fully saturated rings. The van der Waals surface area contributed by atoms with Crippen LogP contribution < -0.4 is 0 Å². The summed E-state index contributed by atoms with van der Waals surface area (Å²) in [5.41, 5.74) is 2.08. The van der Waals surface area contributed by atoms with E-state index in [0.29, 0.717) is 15.6 Å². The first kappa shape index (κ1) is 13.4. The monoisotopic (exact) mass is 312 g/mol. The smallest absolute Gasteiger partial charge is 0.115 e. The Morgan fingerprint density at radius 2 is 1.89 bits per heavy atom. The van der Waals surface area contributed by atoms with Crippen LogP contribution in [0.15, 0.2) is 24.3 Å². The van der Waals surface area contributed by atoms with E-state index in [1.54, 1.807) is 29.5 Å². The summed E-state index contributed by atoms with van der Waals surface area (Å²) in [6, 6.07) is 7.34. The fraction of sp³-hybridized carbons (Fsp3) is 0.333. The van der Waals surface area contributed by atoms with Gasteiger partial charge >= 0.3 is 0 Å². The van der Waals surface area contributed by atoms with Gasteiger partial charge in [-0.15, -0.1) is 11.3 Å². The highest BCUT2D eigenvalue weighted by Gasteiger charge is 2.20. The van der Waals surface area contributed by atoms with Gasteiger partial charge in [0.1, 0.15) is 6.10 Å². The number of rotatable bonds is 2. The van der Waals surface area contributed by atoms with Gasteiger partial charge in [0, 0.05) is 25.4 Å². The molecule has 1 aromatic heterocycles. The van der Waals surface area contributed by atoms with Gasteiger partial charge in [0.25, 0.3) is 0 Å². The third-order valence-corrected chi connectivity index (χ3v) is 5.41. The van der Waals surface area contributed by atoms with Crippen LogP contribution in [0.2, 0.25) is 10.0 Å². The minimum Gasteiger partial charge on any atom is -0.383 e. The Bertz CT molecular complexity index is 583. The van der Waals surface area contributed by atoms with Crippen LogP contribution in [0.3, 0.4) is 0 Å². The van der Waals surface area contributed by atoms with Crippen molar-refractivity contribution in [3.8, 4) is 0 Å². The number of aliphatic hydroxyl groups excluding tert-OH is 1. The SMILES string of the molecule is OC(c1cc2c(s1)CCCC2)c1cc(Cl)ccc1Cl. The number of hydrogen-bond donors (Lipinski definition) is 1. The molecule has 1 nitrogen and oxygen atoms in total. The number of fused-ring (bicyclic) bond motifs is 1. The lowest BCUT2D eigenvalue weighted by atomic mass is 9.98. The molecule has 19 heavy (non-hydrogen) atoms. The topological polar surface area (TPSA) is 20.2 Å². The molecular formula is C15H14Cl2OS. The van der Waals surface area contributed by atoms with Crippen LogP contribution in [0.1, 0.15) is 39.8 Å².